The summed E-state index contributed by atoms with van der Waals surface area (Å²) >= 11 is 1.70. The van der Waals surface area contributed by atoms with Gasteiger partial charge >= 0.3 is 6.09 Å². The fourth-order valence-corrected chi connectivity index (χ4v) is 3.04. The van der Waals surface area contributed by atoms with E-state index in [1.165, 1.54) is 4.88 Å². The molecule has 0 aliphatic rings. The van der Waals surface area contributed by atoms with Gasteiger partial charge in [0, 0.05) is 30.7 Å². The van der Waals surface area contributed by atoms with Crippen molar-refractivity contribution in [3.05, 3.63) is 16.1 Å². The van der Waals surface area contributed by atoms with E-state index < -0.39 is 11.7 Å². The third-order valence-corrected chi connectivity index (χ3v) is 4.60. The summed E-state index contributed by atoms with van der Waals surface area (Å²) in [5, 5.41) is 10.5. The van der Waals surface area contributed by atoms with E-state index in [0.717, 1.165) is 24.3 Å². The van der Waals surface area contributed by atoms with Crippen LogP contribution in [0.25, 0.3) is 0 Å². The first-order valence-electron chi connectivity index (χ1n) is 9.15. The van der Waals surface area contributed by atoms with Crippen LogP contribution in [-0.2, 0) is 17.7 Å². The van der Waals surface area contributed by atoms with Gasteiger partial charge in [0.25, 0.3) is 0 Å². The molecule has 1 rings (SSSR count). The van der Waals surface area contributed by atoms with Crippen molar-refractivity contribution < 1.29 is 9.53 Å². The highest BCUT2D eigenvalue weighted by molar-refractivity contribution is 14.0. The standard InChI is InChI=1S/C18H33N5O2S.HI/c1-7-9-13(23-17(24)25-18(3,4)5)10-21-16(19-6)22-12-15-20-11-14(8-2)26-15;/h11,13H,7-10,12H2,1-6H3,(H,23,24)(H2,19,21,22);1H. The number of ether oxygens (including phenoxy) is 1. The number of rotatable bonds is 8. The number of thiazole rings is 1. The number of hydrogen-bond acceptors (Lipinski definition) is 5. The van der Waals surface area contributed by atoms with Gasteiger partial charge < -0.3 is 20.7 Å². The Morgan fingerprint density at radius 2 is 2.04 bits per heavy atom. The lowest BCUT2D eigenvalue weighted by molar-refractivity contribution is 0.0502. The molecule has 156 valence electrons. The summed E-state index contributed by atoms with van der Waals surface area (Å²) in [4.78, 5) is 21.9. The van der Waals surface area contributed by atoms with E-state index in [9.17, 15) is 4.79 Å². The summed E-state index contributed by atoms with van der Waals surface area (Å²) < 4.78 is 5.34. The Balaban J connectivity index is 0.00000676. The highest BCUT2D eigenvalue weighted by Gasteiger charge is 2.19. The molecule has 0 bridgehead atoms. The van der Waals surface area contributed by atoms with Crippen LogP contribution in [0.4, 0.5) is 4.79 Å². The number of aliphatic imine (C=N–C) groups is 1. The van der Waals surface area contributed by atoms with E-state index in [2.05, 4.69) is 39.8 Å². The number of nitrogens with one attached hydrogen (secondary N) is 3. The Kier molecular flexibility index (Phi) is 12.6. The number of hydrogen-bond donors (Lipinski definition) is 3. The summed E-state index contributed by atoms with van der Waals surface area (Å²) in [7, 11) is 1.73. The molecule has 0 aliphatic heterocycles. The highest BCUT2D eigenvalue weighted by atomic mass is 127. The molecule has 1 atom stereocenters. The maximum atomic E-state index is 12.0. The fraction of sp³-hybridized carbons (Fsp3) is 0.722. The first-order chi connectivity index (χ1) is 12.3. The molecule has 7 nitrogen and oxygen atoms in total. The fourth-order valence-electron chi connectivity index (χ4n) is 2.24. The molecule has 0 spiro atoms. The van der Waals surface area contributed by atoms with Crippen LogP contribution in [0.2, 0.25) is 0 Å². The van der Waals surface area contributed by atoms with Gasteiger partial charge in [-0.1, -0.05) is 20.3 Å². The van der Waals surface area contributed by atoms with Crippen LogP contribution < -0.4 is 16.0 Å². The average Bonchev–Trinajstić information content (AvgIpc) is 3.01. The first-order valence-corrected chi connectivity index (χ1v) is 9.96. The summed E-state index contributed by atoms with van der Waals surface area (Å²) in [6.07, 6.45) is 4.35. The highest BCUT2D eigenvalue weighted by Crippen LogP contribution is 2.12. The van der Waals surface area contributed by atoms with Crippen LogP contribution in [-0.4, -0.2) is 42.3 Å². The average molecular weight is 511 g/mol. The van der Waals surface area contributed by atoms with Gasteiger partial charge in [0.05, 0.1) is 6.54 Å². The maximum absolute atomic E-state index is 12.0. The van der Waals surface area contributed by atoms with Gasteiger partial charge in [0.15, 0.2) is 5.96 Å². The summed E-state index contributed by atoms with van der Waals surface area (Å²) in [6.45, 7) is 11.0. The minimum atomic E-state index is -0.503. The largest absolute Gasteiger partial charge is 0.444 e. The minimum absolute atomic E-state index is 0. The number of nitrogens with zero attached hydrogens (tertiary/aromatic N) is 2. The SMILES string of the molecule is CCCC(CNC(=NC)NCc1ncc(CC)s1)NC(=O)OC(C)(C)C.I. The van der Waals surface area contributed by atoms with Gasteiger partial charge in [0.2, 0.25) is 0 Å². The van der Waals surface area contributed by atoms with Crippen molar-refractivity contribution in [2.24, 2.45) is 4.99 Å². The zero-order chi connectivity index (χ0) is 19.6. The molecule has 1 aromatic rings. The number of amides is 1. The van der Waals surface area contributed by atoms with Gasteiger partial charge in [-0.15, -0.1) is 35.3 Å². The molecule has 0 radical (unpaired) electrons. The molecule has 0 aliphatic carbocycles. The minimum Gasteiger partial charge on any atom is -0.444 e. The second-order valence-corrected chi connectivity index (χ2v) is 8.21. The van der Waals surface area contributed by atoms with Gasteiger partial charge in [-0.3, -0.25) is 4.99 Å². The molecule has 0 aromatic carbocycles. The lowest BCUT2D eigenvalue weighted by Crippen LogP contribution is -2.48. The van der Waals surface area contributed by atoms with E-state index >= 15 is 0 Å². The molecule has 1 aromatic heterocycles. The lowest BCUT2D eigenvalue weighted by atomic mass is 10.1. The Hall–Kier alpha value is -1.10. The number of carbonyl (C=O) groups is 1. The van der Waals surface area contributed by atoms with Crippen molar-refractivity contribution in [1.29, 1.82) is 0 Å². The van der Waals surface area contributed by atoms with Crippen LogP contribution in [0.3, 0.4) is 0 Å². The Morgan fingerprint density at radius 3 is 2.56 bits per heavy atom. The number of alkyl carbamates (subject to hydrolysis) is 1. The number of carbonyl (C=O) groups excluding carboxylic acids is 1. The van der Waals surface area contributed by atoms with E-state index in [-0.39, 0.29) is 30.0 Å². The second kappa shape index (κ2) is 13.1. The molecular formula is C18H34IN5O2S. The Bertz CT molecular complexity index is 587. The Morgan fingerprint density at radius 1 is 1.33 bits per heavy atom. The topological polar surface area (TPSA) is 87.6 Å². The first kappa shape index (κ1) is 25.9. The van der Waals surface area contributed by atoms with Crippen molar-refractivity contribution in [3.63, 3.8) is 0 Å². The molecule has 0 fully saturated rings. The third kappa shape index (κ3) is 11.4. The Labute approximate surface area is 184 Å². The molecule has 3 N–H and O–H groups in total. The third-order valence-electron chi connectivity index (χ3n) is 3.45. The van der Waals surface area contributed by atoms with Crippen molar-refractivity contribution in [2.45, 2.75) is 72.1 Å². The second-order valence-electron chi connectivity index (χ2n) is 7.01. The molecular weight excluding hydrogens is 477 g/mol. The number of aromatic nitrogens is 1. The van der Waals surface area contributed by atoms with Gasteiger partial charge in [0.1, 0.15) is 10.6 Å². The molecule has 0 saturated carbocycles. The summed E-state index contributed by atoms with van der Waals surface area (Å²) in [5.41, 5.74) is -0.503. The van der Waals surface area contributed by atoms with Gasteiger partial charge in [-0.25, -0.2) is 9.78 Å². The summed E-state index contributed by atoms with van der Waals surface area (Å²) in [5.74, 6) is 0.686. The van der Waals surface area contributed by atoms with Crippen molar-refractivity contribution >= 4 is 47.4 Å². The van der Waals surface area contributed by atoms with Crippen molar-refractivity contribution in [3.8, 4) is 0 Å². The van der Waals surface area contributed by atoms with E-state index in [0.29, 0.717) is 19.0 Å². The van der Waals surface area contributed by atoms with Gasteiger partial charge in [-0.2, -0.15) is 0 Å². The van der Waals surface area contributed by atoms with Crippen molar-refractivity contribution in [2.75, 3.05) is 13.6 Å². The molecule has 1 unspecified atom stereocenters. The monoisotopic (exact) mass is 511 g/mol. The van der Waals surface area contributed by atoms with E-state index in [1.807, 2.05) is 27.0 Å². The normalized spacial score (nSPS) is 12.7. The lowest BCUT2D eigenvalue weighted by Gasteiger charge is -2.24. The van der Waals surface area contributed by atoms with Crippen molar-refractivity contribution in [1.82, 2.24) is 20.9 Å². The predicted molar refractivity (Wildman–Crippen MR) is 123 cm³/mol. The zero-order valence-electron chi connectivity index (χ0n) is 17.2. The predicted octanol–water partition coefficient (Wildman–Crippen LogP) is 3.68. The van der Waals surface area contributed by atoms with Crippen LogP contribution >= 0.6 is 35.3 Å². The number of guanidine groups is 1. The quantitative estimate of drug-likeness (QED) is 0.282. The van der Waals surface area contributed by atoms with Crippen LogP contribution in [0, 0.1) is 0 Å². The number of aryl methyl sites for hydroxylation is 1. The van der Waals surface area contributed by atoms with Crippen LogP contribution in [0.15, 0.2) is 11.2 Å². The molecule has 9 heteroatoms. The number of halogens is 1. The van der Waals surface area contributed by atoms with E-state index in [1.54, 1.807) is 18.4 Å². The van der Waals surface area contributed by atoms with Crippen LogP contribution in [0.1, 0.15) is 57.3 Å². The smallest absolute Gasteiger partial charge is 0.407 e. The maximum Gasteiger partial charge on any atom is 0.407 e. The molecule has 0 saturated heterocycles. The molecule has 1 heterocycles. The molecule has 27 heavy (non-hydrogen) atoms. The molecule has 1 amide bonds. The zero-order valence-corrected chi connectivity index (χ0v) is 20.4. The van der Waals surface area contributed by atoms with Crippen LogP contribution in [0.5, 0.6) is 0 Å². The summed E-state index contributed by atoms with van der Waals surface area (Å²) in [6, 6.07) is -0.0278. The van der Waals surface area contributed by atoms with E-state index in [4.69, 9.17) is 4.74 Å². The van der Waals surface area contributed by atoms with Gasteiger partial charge in [-0.05, 0) is 33.6 Å².